The summed E-state index contributed by atoms with van der Waals surface area (Å²) >= 11 is 0. The minimum absolute atomic E-state index is 0.0742. The number of amides is 1. The average Bonchev–Trinajstić information content (AvgIpc) is 2.58. The van der Waals surface area contributed by atoms with Crippen molar-refractivity contribution in [3.8, 4) is 0 Å². The van der Waals surface area contributed by atoms with Crippen LogP contribution in [0.5, 0.6) is 0 Å². The first-order valence-electron chi connectivity index (χ1n) is 9.62. The van der Waals surface area contributed by atoms with Gasteiger partial charge in [-0.15, -0.1) is 0 Å². The van der Waals surface area contributed by atoms with Gasteiger partial charge in [0.1, 0.15) is 0 Å². The Kier molecular flexibility index (Phi) is 4.38. The smallest absolute Gasteiger partial charge is 0.226 e. The van der Waals surface area contributed by atoms with E-state index in [4.69, 9.17) is 0 Å². The molecule has 0 aliphatic heterocycles. The van der Waals surface area contributed by atoms with Crippen LogP contribution >= 0.6 is 0 Å². The lowest BCUT2D eigenvalue weighted by atomic mass is 9.49. The quantitative estimate of drug-likeness (QED) is 0.840. The molecule has 2 N–H and O–H groups in total. The third kappa shape index (κ3) is 2.99. The van der Waals surface area contributed by atoms with Crippen molar-refractivity contribution in [3.05, 3.63) is 35.9 Å². The van der Waals surface area contributed by atoms with Crippen molar-refractivity contribution in [2.45, 2.75) is 50.9 Å². The van der Waals surface area contributed by atoms with Crippen molar-refractivity contribution in [3.63, 3.8) is 0 Å². The van der Waals surface area contributed by atoms with Gasteiger partial charge in [0, 0.05) is 24.5 Å². The second-order valence-corrected chi connectivity index (χ2v) is 8.53. The van der Waals surface area contributed by atoms with E-state index in [0.717, 1.165) is 37.0 Å². The molecule has 0 spiro atoms. The molecule has 130 valence electrons. The van der Waals surface area contributed by atoms with Gasteiger partial charge in [0.15, 0.2) is 0 Å². The van der Waals surface area contributed by atoms with E-state index >= 15 is 0 Å². The van der Waals surface area contributed by atoms with Crippen molar-refractivity contribution in [1.29, 1.82) is 0 Å². The van der Waals surface area contributed by atoms with Crippen LogP contribution in [-0.4, -0.2) is 24.2 Å². The summed E-state index contributed by atoms with van der Waals surface area (Å²) in [5.74, 6) is 2.88. The Morgan fingerprint density at radius 1 is 1.08 bits per heavy atom. The molecule has 5 rings (SSSR count). The largest absolute Gasteiger partial charge is 0.396 e. The molecule has 0 heterocycles. The SMILES string of the molecule is O=C(NCC(CCO)c1ccccc1)C12CC3CC(CC(C3)C1)C2. The minimum atomic E-state index is -0.0742. The van der Waals surface area contributed by atoms with E-state index in [9.17, 15) is 9.90 Å². The van der Waals surface area contributed by atoms with Crippen LogP contribution in [0.1, 0.15) is 56.4 Å². The van der Waals surface area contributed by atoms with Gasteiger partial charge in [-0.1, -0.05) is 30.3 Å². The Morgan fingerprint density at radius 3 is 2.21 bits per heavy atom. The Hall–Kier alpha value is -1.35. The Balaban J connectivity index is 1.42. The molecular formula is C21H29NO2. The number of aliphatic hydroxyl groups is 1. The Labute approximate surface area is 144 Å². The Morgan fingerprint density at radius 2 is 1.67 bits per heavy atom. The van der Waals surface area contributed by atoms with Crippen LogP contribution in [0.4, 0.5) is 0 Å². The molecule has 0 saturated heterocycles. The van der Waals surface area contributed by atoms with Crippen LogP contribution in [-0.2, 0) is 4.79 Å². The first-order valence-corrected chi connectivity index (χ1v) is 9.62. The zero-order valence-electron chi connectivity index (χ0n) is 14.4. The van der Waals surface area contributed by atoms with Crippen LogP contribution in [0, 0.1) is 23.2 Å². The predicted molar refractivity (Wildman–Crippen MR) is 94.5 cm³/mol. The highest BCUT2D eigenvalue weighted by Gasteiger charge is 2.54. The highest BCUT2D eigenvalue weighted by Crippen LogP contribution is 2.60. The van der Waals surface area contributed by atoms with Crippen LogP contribution in [0.25, 0.3) is 0 Å². The molecule has 0 radical (unpaired) electrons. The number of hydrogen-bond acceptors (Lipinski definition) is 2. The summed E-state index contributed by atoms with van der Waals surface area (Å²) in [6, 6.07) is 10.3. The highest BCUT2D eigenvalue weighted by atomic mass is 16.3. The number of rotatable bonds is 6. The van der Waals surface area contributed by atoms with Gasteiger partial charge in [0.2, 0.25) is 5.91 Å². The average molecular weight is 327 g/mol. The van der Waals surface area contributed by atoms with Gasteiger partial charge in [-0.3, -0.25) is 4.79 Å². The molecule has 4 fully saturated rings. The highest BCUT2D eigenvalue weighted by molar-refractivity contribution is 5.83. The number of nitrogens with one attached hydrogen (secondary N) is 1. The second kappa shape index (κ2) is 6.51. The third-order valence-corrected chi connectivity index (χ3v) is 6.78. The van der Waals surface area contributed by atoms with Crippen LogP contribution in [0.15, 0.2) is 30.3 Å². The van der Waals surface area contributed by atoms with Gasteiger partial charge in [-0.25, -0.2) is 0 Å². The van der Waals surface area contributed by atoms with E-state index in [0.29, 0.717) is 18.9 Å². The van der Waals surface area contributed by atoms with Crippen LogP contribution in [0.3, 0.4) is 0 Å². The van der Waals surface area contributed by atoms with Crippen molar-refractivity contribution in [1.82, 2.24) is 5.32 Å². The molecule has 4 aliphatic carbocycles. The summed E-state index contributed by atoms with van der Waals surface area (Å²) in [6.07, 6.45) is 8.13. The molecule has 1 atom stereocenters. The number of benzene rings is 1. The topological polar surface area (TPSA) is 49.3 Å². The fraction of sp³-hybridized carbons (Fsp3) is 0.667. The second-order valence-electron chi connectivity index (χ2n) is 8.53. The van der Waals surface area contributed by atoms with E-state index < -0.39 is 0 Å². The molecule has 24 heavy (non-hydrogen) atoms. The van der Waals surface area contributed by atoms with E-state index in [2.05, 4.69) is 17.4 Å². The van der Waals surface area contributed by atoms with E-state index in [-0.39, 0.29) is 17.9 Å². The maximum absolute atomic E-state index is 13.1. The zero-order chi connectivity index (χ0) is 16.6. The first-order chi connectivity index (χ1) is 11.7. The molecule has 4 aliphatic rings. The third-order valence-electron chi connectivity index (χ3n) is 6.78. The number of carbonyl (C=O) groups excluding carboxylic acids is 1. The van der Waals surface area contributed by atoms with E-state index in [1.54, 1.807) is 0 Å². The van der Waals surface area contributed by atoms with Gasteiger partial charge >= 0.3 is 0 Å². The minimum Gasteiger partial charge on any atom is -0.396 e. The molecule has 1 aromatic carbocycles. The van der Waals surface area contributed by atoms with Gasteiger partial charge < -0.3 is 10.4 Å². The molecule has 3 nitrogen and oxygen atoms in total. The molecule has 1 amide bonds. The summed E-state index contributed by atoms with van der Waals surface area (Å²) in [5.41, 5.74) is 1.13. The maximum atomic E-state index is 13.1. The number of carbonyl (C=O) groups is 1. The lowest BCUT2D eigenvalue weighted by Crippen LogP contribution is -2.54. The normalized spacial score (nSPS) is 35.0. The van der Waals surface area contributed by atoms with Crippen molar-refractivity contribution >= 4 is 5.91 Å². The van der Waals surface area contributed by atoms with Gasteiger partial charge in [-0.2, -0.15) is 0 Å². The molecule has 1 aromatic rings. The van der Waals surface area contributed by atoms with E-state index in [1.165, 1.54) is 24.8 Å². The molecule has 3 heteroatoms. The summed E-state index contributed by atoms with van der Waals surface area (Å²) in [6.45, 7) is 0.804. The van der Waals surface area contributed by atoms with E-state index in [1.807, 2.05) is 18.2 Å². The van der Waals surface area contributed by atoms with Gasteiger partial charge in [-0.05, 0) is 68.3 Å². The molecular weight excluding hydrogens is 298 g/mol. The van der Waals surface area contributed by atoms with Crippen molar-refractivity contribution in [2.75, 3.05) is 13.2 Å². The lowest BCUT2D eigenvalue weighted by Gasteiger charge is -2.55. The lowest BCUT2D eigenvalue weighted by molar-refractivity contribution is -0.146. The summed E-state index contributed by atoms with van der Waals surface area (Å²) in [7, 11) is 0. The van der Waals surface area contributed by atoms with Crippen LogP contribution in [0.2, 0.25) is 0 Å². The zero-order valence-corrected chi connectivity index (χ0v) is 14.4. The predicted octanol–water partition coefficient (Wildman–Crippen LogP) is 3.49. The fourth-order valence-electron chi connectivity index (χ4n) is 6.06. The first kappa shape index (κ1) is 16.1. The standard InChI is InChI=1S/C21H29NO2/c23-7-6-19(18-4-2-1-3-5-18)14-22-20(24)21-11-15-8-16(12-21)10-17(9-15)13-21/h1-5,15-17,19,23H,6-14H2,(H,22,24). The summed E-state index contributed by atoms with van der Waals surface area (Å²) in [5, 5.41) is 12.7. The fourth-order valence-corrected chi connectivity index (χ4v) is 6.06. The van der Waals surface area contributed by atoms with Gasteiger partial charge in [0.05, 0.1) is 0 Å². The van der Waals surface area contributed by atoms with Crippen molar-refractivity contribution < 1.29 is 9.90 Å². The van der Waals surface area contributed by atoms with Crippen LogP contribution < -0.4 is 5.32 Å². The van der Waals surface area contributed by atoms with Crippen molar-refractivity contribution in [2.24, 2.45) is 23.2 Å². The number of aliphatic hydroxyl groups excluding tert-OH is 1. The molecule has 4 saturated carbocycles. The van der Waals surface area contributed by atoms with Gasteiger partial charge in [0.25, 0.3) is 0 Å². The summed E-state index contributed by atoms with van der Waals surface area (Å²) in [4.78, 5) is 13.1. The summed E-state index contributed by atoms with van der Waals surface area (Å²) < 4.78 is 0. The number of hydrogen-bond donors (Lipinski definition) is 2. The molecule has 1 unspecified atom stereocenters. The maximum Gasteiger partial charge on any atom is 0.226 e. The monoisotopic (exact) mass is 327 g/mol. The molecule has 0 aromatic heterocycles. The molecule has 4 bridgehead atoms. The Bertz CT molecular complexity index is 547.